The lowest BCUT2D eigenvalue weighted by atomic mass is 10.2. The van der Waals surface area contributed by atoms with Crippen molar-refractivity contribution >= 4 is 5.97 Å². The molecule has 0 saturated heterocycles. The fourth-order valence-corrected chi connectivity index (χ4v) is 1.48. The SMILES string of the molecule is O=C(O)c1c[nH]n(Cc2ccccc2F)c1=O. The zero-order valence-electron chi connectivity index (χ0n) is 8.68. The van der Waals surface area contributed by atoms with Crippen molar-refractivity contribution in [3.8, 4) is 0 Å². The molecule has 0 unspecified atom stereocenters. The van der Waals surface area contributed by atoms with Gasteiger partial charge in [-0.25, -0.2) is 13.9 Å². The number of H-pyrrole nitrogens is 1. The molecule has 2 N–H and O–H groups in total. The van der Waals surface area contributed by atoms with E-state index in [9.17, 15) is 14.0 Å². The van der Waals surface area contributed by atoms with E-state index < -0.39 is 17.3 Å². The van der Waals surface area contributed by atoms with Gasteiger partial charge in [-0.3, -0.25) is 4.79 Å². The lowest BCUT2D eigenvalue weighted by Crippen LogP contribution is -2.22. The number of halogens is 1. The van der Waals surface area contributed by atoms with Crippen LogP contribution in [0.3, 0.4) is 0 Å². The minimum atomic E-state index is -1.31. The second-order valence-corrected chi connectivity index (χ2v) is 3.47. The molecule has 0 radical (unpaired) electrons. The van der Waals surface area contributed by atoms with Crippen molar-refractivity contribution in [3.05, 3.63) is 57.8 Å². The minimum Gasteiger partial charge on any atom is -0.477 e. The third kappa shape index (κ3) is 2.10. The molecule has 0 saturated carbocycles. The quantitative estimate of drug-likeness (QED) is 0.836. The first-order chi connectivity index (χ1) is 8.09. The molecule has 0 aliphatic rings. The molecular formula is C11H9FN2O3. The van der Waals surface area contributed by atoms with Crippen LogP contribution in [0, 0.1) is 5.82 Å². The van der Waals surface area contributed by atoms with Crippen LogP contribution in [0.25, 0.3) is 0 Å². The maximum atomic E-state index is 13.3. The molecule has 0 spiro atoms. The highest BCUT2D eigenvalue weighted by atomic mass is 19.1. The second-order valence-electron chi connectivity index (χ2n) is 3.47. The molecule has 6 heteroatoms. The molecule has 5 nitrogen and oxygen atoms in total. The smallest absolute Gasteiger partial charge is 0.342 e. The summed E-state index contributed by atoms with van der Waals surface area (Å²) in [4.78, 5) is 22.2. The van der Waals surface area contributed by atoms with Gasteiger partial charge in [0.2, 0.25) is 0 Å². The lowest BCUT2D eigenvalue weighted by molar-refractivity contribution is 0.0695. The highest BCUT2D eigenvalue weighted by Crippen LogP contribution is 2.07. The van der Waals surface area contributed by atoms with E-state index in [0.717, 1.165) is 10.9 Å². The molecule has 2 aromatic rings. The maximum absolute atomic E-state index is 13.3. The van der Waals surface area contributed by atoms with E-state index in [1.807, 2.05) is 0 Å². The van der Waals surface area contributed by atoms with Crippen LogP contribution in [0.1, 0.15) is 15.9 Å². The number of carbonyl (C=O) groups is 1. The van der Waals surface area contributed by atoms with Gasteiger partial charge in [-0.05, 0) is 6.07 Å². The van der Waals surface area contributed by atoms with Gasteiger partial charge in [0, 0.05) is 11.8 Å². The average Bonchev–Trinajstić information content (AvgIpc) is 2.64. The van der Waals surface area contributed by atoms with Crippen molar-refractivity contribution in [2.24, 2.45) is 0 Å². The summed E-state index contributed by atoms with van der Waals surface area (Å²) in [6.07, 6.45) is 1.09. The first kappa shape index (κ1) is 11.1. The van der Waals surface area contributed by atoms with Crippen LogP contribution in [0.4, 0.5) is 4.39 Å². The van der Waals surface area contributed by atoms with Crippen LogP contribution in [-0.2, 0) is 6.54 Å². The van der Waals surface area contributed by atoms with Crippen molar-refractivity contribution in [1.29, 1.82) is 0 Å². The Balaban J connectivity index is 2.35. The summed E-state index contributed by atoms with van der Waals surface area (Å²) in [6, 6.07) is 5.99. The molecule has 0 fully saturated rings. The lowest BCUT2D eigenvalue weighted by Gasteiger charge is -2.02. The van der Waals surface area contributed by atoms with E-state index >= 15 is 0 Å². The van der Waals surface area contributed by atoms with Crippen molar-refractivity contribution in [2.75, 3.05) is 0 Å². The Hall–Kier alpha value is -2.37. The van der Waals surface area contributed by atoms with Crippen molar-refractivity contribution in [1.82, 2.24) is 9.78 Å². The van der Waals surface area contributed by atoms with Gasteiger partial charge in [-0.15, -0.1) is 0 Å². The molecule has 2 rings (SSSR count). The first-order valence-electron chi connectivity index (χ1n) is 4.84. The Morgan fingerprint density at radius 2 is 2.12 bits per heavy atom. The monoisotopic (exact) mass is 236 g/mol. The molecule has 17 heavy (non-hydrogen) atoms. The maximum Gasteiger partial charge on any atom is 0.342 e. The number of aromatic amines is 1. The van der Waals surface area contributed by atoms with Gasteiger partial charge in [0.05, 0.1) is 6.54 Å². The fourth-order valence-electron chi connectivity index (χ4n) is 1.48. The summed E-state index contributed by atoms with van der Waals surface area (Å²) in [5, 5.41) is 11.2. The van der Waals surface area contributed by atoms with Crippen LogP contribution < -0.4 is 5.56 Å². The highest BCUT2D eigenvalue weighted by Gasteiger charge is 2.13. The Morgan fingerprint density at radius 3 is 2.71 bits per heavy atom. The summed E-state index contributed by atoms with van der Waals surface area (Å²) >= 11 is 0. The Labute approximate surface area is 95.1 Å². The zero-order chi connectivity index (χ0) is 12.4. The van der Waals surface area contributed by atoms with Crippen LogP contribution in [0.2, 0.25) is 0 Å². The number of carboxylic acid groups (broad SMARTS) is 1. The summed E-state index contributed by atoms with van der Waals surface area (Å²) in [5.74, 6) is -1.75. The molecular weight excluding hydrogens is 227 g/mol. The Morgan fingerprint density at radius 1 is 1.41 bits per heavy atom. The number of hydrogen-bond donors (Lipinski definition) is 2. The highest BCUT2D eigenvalue weighted by molar-refractivity contribution is 5.86. The molecule has 0 amide bonds. The van der Waals surface area contributed by atoms with E-state index in [4.69, 9.17) is 5.11 Å². The Bertz CT molecular complexity index is 615. The largest absolute Gasteiger partial charge is 0.477 e. The summed E-state index contributed by atoms with van der Waals surface area (Å²) in [5.41, 5.74) is -0.726. The van der Waals surface area contributed by atoms with Crippen molar-refractivity contribution in [3.63, 3.8) is 0 Å². The number of rotatable bonds is 3. The van der Waals surface area contributed by atoms with Gasteiger partial charge in [-0.2, -0.15) is 0 Å². The van der Waals surface area contributed by atoms with E-state index in [1.54, 1.807) is 12.1 Å². The van der Waals surface area contributed by atoms with Crippen molar-refractivity contribution in [2.45, 2.75) is 6.54 Å². The average molecular weight is 236 g/mol. The molecule has 1 aromatic carbocycles. The molecule has 0 bridgehead atoms. The van der Waals surface area contributed by atoms with Gasteiger partial charge >= 0.3 is 5.97 Å². The van der Waals surface area contributed by atoms with E-state index in [-0.39, 0.29) is 12.1 Å². The summed E-state index contributed by atoms with van der Waals surface area (Å²) in [7, 11) is 0. The normalized spacial score (nSPS) is 10.4. The predicted octanol–water partition coefficient (Wildman–Crippen LogP) is 1.06. The second kappa shape index (κ2) is 4.25. The standard InChI is InChI=1S/C11H9FN2O3/c12-9-4-2-1-3-7(9)6-14-10(15)8(5-13-14)11(16)17/h1-5,13H,6H2,(H,16,17). The van der Waals surface area contributed by atoms with E-state index in [2.05, 4.69) is 5.10 Å². The molecule has 1 aromatic heterocycles. The number of carboxylic acids is 1. The van der Waals surface area contributed by atoms with Gasteiger partial charge in [0.1, 0.15) is 11.4 Å². The fraction of sp³-hybridized carbons (Fsp3) is 0.0909. The number of aromatic carboxylic acids is 1. The third-order valence-electron chi connectivity index (χ3n) is 2.36. The number of nitrogens with zero attached hydrogens (tertiary/aromatic N) is 1. The predicted molar refractivity (Wildman–Crippen MR) is 57.5 cm³/mol. The third-order valence-corrected chi connectivity index (χ3v) is 2.36. The van der Waals surface area contributed by atoms with Crippen LogP contribution in [0.5, 0.6) is 0 Å². The zero-order valence-corrected chi connectivity index (χ0v) is 8.68. The molecule has 0 atom stereocenters. The van der Waals surface area contributed by atoms with Gasteiger partial charge in [-0.1, -0.05) is 18.2 Å². The molecule has 1 heterocycles. The Kier molecular flexibility index (Phi) is 2.78. The molecule has 0 aliphatic heterocycles. The number of nitrogens with one attached hydrogen (secondary N) is 1. The topological polar surface area (TPSA) is 75.1 Å². The minimum absolute atomic E-state index is 0.0290. The summed E-state index contributed by atoms with van der Waals surface area (Å²) < 4.78 is 14.4. The van der Waals surface area contributed by atoms with Gasteiger partial charge in [0.15, 0.2) is 0 Å². The molecule has 88 valence electrons. The molecule has 0 aliphatic carbocycles. The first-order valence-corrected chi connectivity index (χ1v) is 4.84. The van der Waals surface area contributed by atoms with E-state index in [1.165, 1.54) is 12.1 Å². The van der Waals surface area contributed by atoms with Crippen molar-refractivity contribution < 1.29 is 14.3 Å². The summed E-state index contributed by atoms with van der Waals surface area (Å²) in [6.45, 7) is -0.0290. The van der Waals surface area contributed by atoms with Gasteiger partial charge < -0.3 is 10.2 Å². The number of aromatic nitrogens is 2. The van der Waals surface area contributed by atoms with Crippen LogP contribution in [0.15, 0.2) is 35.3 Å². The number of hydrogen-bond acceptors (Lipinski definition) is 2. The van der Waals surface area contributed by atoms with Gasteiger partial charge in [0.25, 0.3) is 5.56 Å². The van der Waals surface area contributed by atoms with Crippen LogP contribution >= 0.6 is 0 Å². The van der Waals surface area contributed by atoms with Crippen LogP contribution in [-0.4, -0.2) is 20.9 Å². The number of benzene rings is 1. The van der Waals surface area contributed by atoms with E-state index in [0.29, 0.717) is 5.56 Å².